The molecule has 1 saturated carbocycles. The van der Waals surface area contributed by atoms with Gasteiger partial charge in [-0.2, -0.15) is 4.98 Å². The predicted octanol–water partition coefficient (Wildman–Crippen LogP) is 6.09. The van der Waals surface area contributed by atoms with Crippen molar-refractivity contribution in [3.05, 3.63) is 88.6 Å². The molecule has 0 bridgehead atoms. The molecule has 218 valence electrons. The predicted molar refractivity (Wildman–Crippen MR) is 168 cm³/mol. The summed E-state index contributed by atoms with van der Waals surface area (Å²) in [5.41, 5.74) is 1.16. The zero-order valence-corrected chi connectivity index (χ0v) is 22.4. The van der Waals surface area contributed by atoms with Crippen LogP contribution in [0.1, 0.15) is 47.0 Å². The number of aliphatic hydroxyl groups excluding tert-OH is 1. The van der Waals surface area contributed by atoms with Crippen LogP contribution in [0.4, 0.5) is 0 Å². The summed E-state index contributed by atoms with van der Waals surface area (Å²) in [6, 6.07) is 14.6. The molecule has 0 radical (unpaired) electrons. The smallest absolute Gasteiger partial charge is 0.353 e. The van der Waals surface area contributed by atoms with Crippen LogP contribution in [0, 0.1) is 5.92 Å². The number of hydrogen-bond donors (Lipinski definition) is 2. The molecule has 0 saturated heterocycles. The van der Waals surface area contributed by atoms with Crippen LogP contribution >= 0.6 is 11.3 Å². The number of hydrogen-bond acceptors (Lipinski definition) is 8. The second-order valence-corrected chi connectivity index (χ2v) is 10.9. The summed E-state index contributed by atoms with van der Waals surface area (Å²) in [5, 5.41) is 14.9. The van der Waals surface area contributed by atoms with Crippen molar-refractivity contribution < 1.29 is 14.6 Å². The molecule has 1 aromatic carbocycles. The van der Waals surface area contributed by atoms with Gasteiger partial charge < -0.3 is 15.2 Å². The molecule has 1 aliphatic carbocycles. The third-order valence-corrected chi connectivity index (χ3v) is 8.32. The Hall–Kier alpha value is -4.57. The molecule has 42 heavy (non-hydrogen) atoms. The largest absolute Gasteiger partial charge is 0.511 e. The molecule has 4 heterocycles. The quantitative estimate of drug-likeness (QED) is 0.222. The molecule has 4 aromatic heterocycles. The third-order valence-electron chi connectivity index (χ3n) is 7.19. The topological polar surface area (TPSA) is 119 Å². The van der Waals surface area contributed by atoms with Crippen molar-refractivity contribution in [3.63, 3.8) is 0 Å². The normalized spacial score (nSPS) is 17.1. The van der Waals surface area contributed by atoms with Crippen LogP contribution in [0.15, 0.2) is 78.4 Å². The summed E-state index contributed by atoms with van der Waals surface area (Å²) in [7, 11) is 0. The van der Waals surface area contributed by atoms with Gasteiger partial charge in [-0.3, -0.25) is 9.36 Å². The Balaban J connectivity index is 0.00000202. The molecule has 5 aromatic rings. The van der Waals surface area contributed by atoms with Crippen LogP contribution in [0.3, 0.4) is 0 Å². The standard InChI is InChI=1S/C30H27N5O4S.2CH4/c1-2-24(37)33-19-8-6-7-18(15-19)16-23(36)28-27-26-22(13-14-31-29(26)40-28)35(30(38)34-27)20-11-12-25(32-17-20)39-21-9-4-3-5-10-21;;/h2-5,9-14,17-19,36H,1,6-8,15-16H2,(H,33,37);2*1H4/t18-,19-;;/m0../s1. The fourth-order valence-electron chi connectivity index (χ4n) is 5.39. The zero-order valence-electron chi connectivity index (χ0n) is 21.6. The van der Waals surface area contributed by atoms with E-state index in [4.69, 9.17) is 4.74 Å². The third kappa shape index (κ3) is 6.03. The molecule has 6 rings (SSSR count). The maximum atomic E-state index is 13.4. The van der Waals surface area contributed by atoms with E-state index < -0.39 is 5.69 Å². The SMILES string of the molecule is C.C.C=CC(=O)N[C@H]1CCC[C@H](CC(O)=c2sc3nccc4c3c2nc(=O)n4-c2ccc(Oc3ccccc3)nc2)C1. The monoisotopic (exact) mass is 585 g/mol. The van der Waals surface area contributed by atoms with Crippen molar-refractivity contribution in [2.75, 3.05) is 0 Å². The van der Waals surface area contributed by atoms with Crippen LogP contribution in [0.2, 0.25) is 0 Å². The van der Waals surface area contributed by atoms with Crippen LogP contribution < -0.4 is 20.3 Å². The zero-order chi connectivity index (χ0) is 27.6. The van der Waals surface area contributed by atoms with Crippen LogP contribution in [-0.2, 0) is 4.79 Å². The molecule has 0 unspecified atom stereocenters. The number of para-hydroxylation sites is 1. The van der Waals surface area contributed by atoms with E-state index in [1.165, 1.54) is 22.0 Å². The highest BCUT2D eigenvalue weighted by atomic mass is 32.1. The van der Waals surface area contributed by atoms with Gasteiger partial charge in [0.25, 0.3) is 0 Å². The molecule has 1 amide bonds. The fraction of sp³-hybridized carbons (Fsp3) is 0.281. The van der Waals surface area contributed by atoms with Gasteiger partial charge in [0.15, 0.2) is 0 Å². The average Bonchev–Trinajstić information content (AvgIpc) is 3.34. The highest BCUT2D eigenvalue weighted by molar-refractivity contribution is 7.17. The molecule has 2 atom stereocenters. The lowest BCUT2D eigenvalue weighted by atomic mass is 9.83. The minimum atomic E-state index is -0.476. The van der Waals surface area contributed by atoms with E-state index in [2.05, 4.69) is 26.8 Å². The summed E-state index contributed by atoms with van der Waals surface area (Å²) < 4.78 is 7.84. The Kier molecular flexibility index (Phi) is 9.37. The van der Waals surface area contributed by atoms with E-state index in [1.54, 1.807) is 30.6 Å². The van der Waals surface area contributed by atoms with Gasteiger partial charge in [-0.1, -0.05) is 46.1 Å². The number of aliphatic hydroxyl groups is 1. The molecular weight excluding hydrogens is 550 g/mol. The van der Waals surface area contributed by atoms with E-state index in [9.17, 15) is 14.7 Å². The molecular formula is C32H35N5O4S. The number of carbonyl (C=O) groups is 1. The maximum absolute atomic E-state index is 13.4. The Morgan fingerprint density at radius 3 is 2.69 bits per heavy atom. The Labute approximate surface area is 248 Å². The minimum Gasteiger partial charge on any atom is -0.511 e. The highest BCUT2D eigenvalue weighted by Crippen LogP contribution is 2.31. The molecule has 9 nitrogen and oxygen atoms in total. The first-order valence-corrected chi connectivity index (χ1v) is 14.0. The molecule has 0 spiro atoms. The lowest BCUT2D eigenvalue weighted by Gasteiger charge is -2.29. The summed E-state index contributed by atoms with van der Waals surface area (Å²) in [6.45, 7) is 3.52. The van der Waals surface area contributed by atoms with E-state index in [0.29, 0.717) is 44.1 Å². The first kappa shape index (κ1) is 30.4. The fourth-order valence-corrected chi connectivity index (χ4v) is 6.44. The molecule has 0 aliphatic heterocycles. The lowest BCUT2D eigenvalue weighted by Crippen LogP contribution is -2.37. The number of amides is 1. The number of rotatable bonds is 7. The van der Waals surface area contributed by atoms with E-state index >= 15 is 0 Å². The first-order chi connectivity index (χ1) is 19.5. The van der Waals surface area contributed by atoms with Gasteiger partial charge in [-0.05, 0) is 55.5 Å². The Morgan fingerprint density at radius 2 is 1.95 bits per heavy atom. The molecule has 2 N–H and O–H groups in total. The van der Waals surface area contributed by atoms with Crippen LogP contribution in [0.25, 0.3) is 32.7 Å². The van der Waals surface area contributed by atoms with Crippen molar-refractivity contribution in [2.24, 2.45) is 5.92 Å². The van der Waals surface area contributed by atoms with Gasteiger partial charge in [0.2, 0.25) is 11.8 Å². The number of nitrogens with zero attached hydrogens (tertiary/aromatic N) is 4. The van der Waals surface area contributed by atoms with E-state index in [-0.39, 0.29) is 38.5 Å². The van der Waals surface area contributed by atoms with Gasteiger partial charge in [0.1, 0.15) is 21.9 Å². The second-order valence-electron chi connectivity index (χ2n) is 9.88. The van der Waals surface area contributed by atoms with Crippen molar-refractivity contribution in [1.29, 1.82) is 0 Å². The Morgan fingerprint density at radius 1 is 1.14 bits per heavy atom. The van der Waals surface area contributed by atoms with E-state index in [1.807, 2.05) is 30.3 Å². The summed E-state index contributed by atoms with van der Waals surface area (Å²) in [6.07, 6.45) is 8.55. The van der Waals surface area contributed by atoms with Crippen LogP contribution in [0.5, 0.6) is 11.6 Å². The van der Waals surface area contributed by atoms with Gasteiger partial charge in [0, 0.05) is 24.7 Å². The molecule has 1 aliphatic rings. The number of aromatic nitrogens is 4. The number of thiophene rings is 1. The average molecular weight is 586 g/mol. The van der Waals surface area contributed by atoms with Crippen molar-refractivity contribution in [2.45, 2.75) is 53.0 Å². The number of nitrogens with one attached hydrogen (secondary N) is 1. The number of ether oxygens (including phenoxy) is 1. The first-order valence-electron chi connectivity index (χ1n) is 13.1. The summed E-state index contributed by atoms with van der Waals surface area (Å²) in [4.78, 5) is 39.1. The summed E-state index contributed by atoms with van der Waals surface area (Å²) >= 11 is 1.33. The molecule has 1 fully saturated rings. The number of benzene rings is 1. The van der Waals surface area contributed by atoms with Gasteiger partial charge in [-0.15, -0.1) is 11.3 Å². The van der Waals surface area contributed by atoms with Crippen molar-refractivity contribution >= 4 is 44.3 Å². The second kappa shape index (κ2) is 12.9. The van der Waals surface area contributed by atoms with Gasteiger partial charge >= 0.3 is 5.69 Å². The van der Waals surface area contributed by atoms with Crippen molar-refractivity contribution in [3.8, 4) is 17.3 Å². The maximum Gasteiger partial charge on any atom is 0.353 e. The minimum absolute atomic E-state index is 0. The lowest BCUT2D eigenvalue weighted by molar-refractivity contribution is -0.117. The van der Waals surface area contributed by atoms with Gasteiger partial charge in [0.05, 0.1) is 27.3 Å². The van der Waals surface area contributed by atoms with Crippen LogP contribution in [-0.4, -0.2) is 36.6 Å². The Bertz CT molecular complexity index is 1820. The van der Waals surface area contributed by atoms with E-state index in [0.717, 1.165) is 31.1 Å². The number of carbonyl (C=O) groups excluding carboxylic acids is 1. The van der Waals surface area contributed by atoms with Crippen molar-refractivity contribution in [1.82, 2.24) is 24.8 Å². The highest BCUT2D eigenvalue weighted by Gasteiger charge is 2.25. The summed E-state index contributed by atoms with van der Waals surface area (Å²) in [5.74, 6) is 1.29. The number of pyridine rings is 2. The molecule has 10 heteroatoms. The van der Waals surface area contributed by atoms with Gasteiger partial charge in [-0.25, -0.2) is 14.8 Å².